The van der Waals surface area contributed by atoms with Gasteiger partial charge in [0.2, 0.25) is 0 Å². The van der Waals surface area contributed by atoms with Gasteiger partial charge in [0.05, 0.1) is 0 Å². The number of halogens is 1. The van der Waals surface area contributed by atoms with E-state index in [1.807, 2.05) is 13.1 Å². The zero-order valence-electron chi connectivity index (χ0n) is 10.5. The number of hydrogen-bond donors (Lipinski definition) is 1. The lowest BCUT2D eigenvalue weighted by Crippen LogP contribution is -2.25. The van der Waals surface area contributed by atoms with Gasteiger partial charge in [-0.15, -0.1) is 0 Å². The fourth-order valence-corrected chi connectivity index (χ4v) is 1.43. The minimum atomic E-state index is -0.290. The molecule has 1 rings (SSSR count). The molecule has 17 heavy (non-hydrogen) atoms. The molecule has 0 spiro atoms. The molecule has 0 saturated carbocycles. The molecule has 0 aliphatic rings. The molecule has 3 heteroatoms. The van der Waals surface area contributed by atoms with Crippen LogP contribution in [0.15, 0.2) is 18.2 Å². The van der Waals surface area contributed by atoms with Crippen LogP contribution in [0.4, 0.5) is 4.39 Å². The Morgan fingerprint density at radius 1 is 1.35 bits per heavy atom. The van der Waals surface area contributed by atoms with Crippen LogP contribution in [0.1, 0.15) is 25.0 Å². The maximum absolute atomic E-state index is 13.4. The van der Waals surface area contributed by atoms with Crippen LogP contribution in [0.25, 0.3) is 0 Å². The van der Waals surface area contributed by atoms with Gasteiger partial charge in [-0.05, 0) is 44.7 Å². The first-order chi connectivity index (χ1) is 8.02. The zero-order valence-corrected chi connectivity index (χ0v) is 10.5. The molecule has 1 aromatic carbocycles. The number of benzene rings is 1. The molecule has 0 fully saturated rings. The molecule has 0 heterocycles. The van der Waals surface area contributed by atoms with Gasteiger partial charge in [-0.3, -0.25) is 4.90 Å². The van der Waals surface area contributed by atoms with E-state index in [0.717, 1.165) is 5.56 Å². The summed E-state index contributed by atoms with van der Waals surface area (Å²) >= 11 is 0. The largest absolute Gasteiger partial charge is 0.384 e. The van der Waals surface area contributed by atoms with Crippen molar-refractivity contribution in [2.24, 2.45) is 0 Å². The van der Waals surface area contributed by atoms with E-state index in [1.165, 1.54) is 12.1 Å². The highest BCUT2D eigenvalue weighted by Gasteiger charge is 2.06. The molecular weight excluding hydrogens is 217 g/mol. The number of aliphatic hydroxyl groups is 1. The average Bonchev–Trinajstić information content (AvgIpc) is 2.25. The molecule has 0 aromatic heterocycles. The van der Waals surface area contributed by atoms with Crippen LogP contribution >= 0.6 is 0 Å². The lowest BCUT2D eigenvalue weighted by Gasteiger charge is -2.21. The molecule has 0 saturated heterocycles. The fraction of sp³-hybridized carbons (Fsp3) is 0.429. The molecule has 0 aliphatic carbocycles. The molecule has 0 aliphatic heterocycles. The highest BCUT2D eigenvalue weighted by molar-refractivity contribution is 5.37. The summed E-state index contributed by atoms with van der Waals surface area (Å²) in [6, 6.07) is 5.15. The summed E-state index contributed by atoms with van der Waals surface area (Å²) in [6.45, 7) is 4.65. The second kappa shape index (κ2) is 6.39. The average molecular weight is 235 g/mol. The van der Waals surface area contributed by atoms with Gasteiger partial charge in [-0.2, -0.15) is 0 Å². The Labute approximate surface area is 102 Å². The van der Waals surface area contributed by atoms with Gasteiger partial charge in [0.15, 0.2) is 0 Å². The Balaban J connectivity index is 2.89. The minimum Gasteiger partial charge on any atom is -0.384 e. The van der Waals surface area contributed by atoms with Crippen LogP contribution in [0, 0.1) is 17.7 Å². The van der Waals surface area contributed by atoms with Gasteiger partial charge in [-0.25, -0.2) is 4.39 Å². The first-order valence-electron chi connectivity index (χ1n) is 5.62. The maximum Gasteiger partial charge on any atom is 0.124 e. The Kier molecular flexibility index (Phi) is 5.14. The van der Waals surface area contributed by atoms with E-state index < -0.39 is 0 Å². The smallest absolute Gasteiger partial charge is 0.124 e. The molecule has 0 bridgehead atoms. The quantitative estimate of drug-likeness (QED) is 0.810. The summed E-state index contributed by atoms with van der Waals surface area (Å²) in [6.07, 6.45) is 0. The van der Waals surface area contributed by atoms with Crippen molar-refractivity contribution in [3.63, 3.8) is 0 Å². The van der Waals surface area contributed by atoms with E-state index in [4.69, 9.17) is 5.11 Å². The van der Waals surface area contributed by atoms with Gasteiger partial charge in [0, 0.05) is 18.2 Å². The van der Waals surface area contributed by atoms with Crippen molar-refractivity contribution in [3.05, 3.63) is 35.1 Å². The molecule has 92 valence electrons. The van der Waals surface area contributed by atoms with Crippen molar-refractivity contribution >= 4 is 0 Å². The van der Waals surface area contributed by atoms with Gasteiger partial charge in [0.25, 0.3) is 0 Å². The summed E-state index contributed by atoms with van der Waals surface area (Å²) in [5.41, 5.74) is 1.50. The normalized spacial score (nSPS) is 10.5. The number of aliphatic hydroxyl groups excluding tert-OH is 1. The van der Waals surface area contributed by atoms with Crippen molar-refractivity contribution in [1.29, 1.82) is 0 Å². The first-order valence-corrected chi connectivity index (χ1v) is 5.62. The van der Waals surface area contributed by atoms with Crippen LogP contribution in [-0.4, -0.2) is 29.7 Å². The molecule has 0 atom stereocenters. The Bertz CT molecular complexity index is 432. The monoisotopic (exact) mass is 235 g/mol. The van der Waals surface area contributed by atoms with E-state index in [-0.39, 0.29) is 12.4 Å². The Morgan fingerprint density at radius 2 is 2.06 bits per heavy atom. The lowest BCUT2D eigenvalue weighted by atomic mass is 10.1. The van der Waals surface area contributed by atoms with Crippen LogP contribution in [0.3, 0.4) is 0 Å². The molecular formula is C14H18FNO. The van der Waals surface area contributed by atoms with Crippen molar-refractivity contribution in [1.82, 2.24) is 4.90 Å². The van der Waals surface area contributed by atoms with E-state index in [9.17, 15) is 4.39 Å². The second-order valence-corrected chi connectivity index (χ2v) is 4.32. The zero-order chi connectivity index (χ0) is 12.8. The third-order valence-electron chi connectivity index (χ3n) is 2.58. The van der Waals surface area contributed by atoms with Crippen molar-refractivity contribution < 1.29 is 9.50 Å². The Hall–Kier alpha value is -1.37. The predicted molar refractivity (Wildman–Crippen MR) is 67.0 cm³/mol. The van der Waals surface area contributed by atoms with Crippen molar-refractivity contribution in [2.45, 2.75) is 26.4 Å². The number of rotatable bonds is 3. The van der Waals surface area contributed by atoms with Gasteiger partial charge >= 0.3 is 0 Å². The molecule has 1 N–H and O–H groups in total. The van der Waals surface area contributed by atoms with Crippen LogP contribution in [0.5, 0.6) is 0 Å². The van der Waals surface area contributed by atoms with Crippen LogP contribution in [-0.2, 0) is 6.54 Å². The highest BCUT2D eigenvalue weighted by Crippen LogP contribution is 2.11. The Morgan fingerprint density at radius 3 is 2.65 bits per heavy atom. The maximum atomic E-state index is 13.4. The lowest BCUT2D eigenvalue weighted by molar-refractivity contribution is 0.265. The van der Waals surface area contributed by atoms with E-state index in [1.54, 1.807) is 0 Å². The van der Waals surface area contributed by atoms with Gasteiger partial charge in [0.1, 0.15) is 12.4 Å². The van der Waals surface area contributed by atoms with Gasteiger partial charge in [-0.1, -0.05) is 11.8 Å². The van der Waals surface area contributed by atoms with Gasteiger partial charge < -0.3 is 5.11 Å². The molecule has 0 amide bonds. The third-order valence-corrected chi connectivity index (χ3v) is 2.58. The van der Waals surface area contributed by atoms with Crippen molar-refractivity contribution in [2.75, 3.05) is 13.7 Å². The summed E-state index contributed by atoms with van der Waals surface area (Å²) < 4.78 is 13.4. The molecule has 1 aromatic rings. The summed E-state index contributed by atoms with van der Waals surface area (Å²) in [4.78, 5) is 2.12. The molecule has 2 nitrogen and oxygen atoms in total. The topological polar surface area (TPSA) is 23.5 Å². The minimum absolute atomic E-state index is 0.211. The molecule has 0 unspecified atom stereocenters. The fourth-order valence-electron chi connectivity index (χ4n) is 1.43. The van der Waals surface area contributed by atoms with E-state index >= 15 is 0 Å². The SMILES string of the molecule is CC(C)N(C)Cc1cc(F)cc(C#CCO)c1. The number of nitrogens with zero attached hydrogens (tertiary/aromatic N) is 1. The number of hydrogen-bond acceptors (Lipinski definition) is 2. The van der Waals surface area contributed by atoms with E-state index in [0.29, 0.717) is 18.2 Å². The van der Waals surface area contributed by atoms with E-state index in [2.05, 4.69) is 30.6 Å². The second-order valence-electron chi connectivity index (χ2n) is 4.32. The highest BCUT2D eigenvalue weighted by atomic mass is 19.1. The molecule has 0 radical (unpaired) electrons. The third kappa shape index (κ3) is 4.56. The summed E-state index contributed by atoms with van der Waals surface area (Å²) in [7, 11) is 1.99. The first kappa shape index (κ1) is 13.7. The standard InChI is InChI=1S/C14H18FNO/c1-11(2)16(3)10-13-7-12(5-4-6-17)8-14(15)9-13/h7-9,11,17H,6,10H2,1-3H3. The summed E-state index contributed by atoms with van der Waals surface area (Å²) in [5, 5.41) is 8.61. The van der Waals surface area contributed by atoms with Crippen LogP contribution in [0.2, 0.25) is 0 Å². The summed E-state index contributed by atoms with van der Waals surface area (Å²) in [5.74, 6) is 4.95. The predicted octanol–water partition coefficient (Wildman–Crippen LogP) is 2.01. The van der Waals surface area contributed by atoms with Crippen molar-refractivity contribution in [3.8, 4) is 11.8 Å². The van der Waals surface area contributed by atoms with Crippen LogP contribution < -0.4 is 0 Å².